The minimum atomic E-state index is -0.0774. The number of imidazole rings is 1. The normalized spacial score (nSPS) is 14.2. The molecule has 0 radical (unpaired) electrons. The first-order chi connectivity index (χ1) is 12.1. The van der Waals surface area contributed by atoms with Gasteiger partial charge in [0.25, 0.3) is 0 Å². The van der Waals surface area contributed by atoms with Crippen molar-refractivity contribution in [2.75, 3.05) is 18.4 Å². The van der Waals surface area contributed by atoms with Crippen molar-refractivity contribution in [3.05, 3.63) is 46.3 Å². The maximum Gasteiger partial charge on any atom is 0.321 e. The fourth-order valence-electron chi connectivity index (χ4n) is 2.91. The van der Waals surface area contributed by atoms with E-state index in [9.17, 15) is 4.79 Å². The lowest BCUT2D eigenvalue weighted by molar-refractivity contribution is 0.222. The molecule has 8 heteroatoms. The highest BCUT2D eigenvalue weighted by atomic mass is 79.9. The zero-order valence-electron chi connectivity index (χ0n) is 13.2. The number of nitrogens with one attached hydrogen (secondary N) is 1. The molecule has 1 aliphatic heterocycles. The Bertz CT molecular complexity index is 951. The van der Waals surface area contributed by atoms with Crippen LogP contribution in [0, 0.1) is 0 Å². The van der Waals surface area contributed by atoms with E-state index in [0.717, 1.165) is 36.0 Å². The van der Waals surface area contributed by atoms with Crippen molar-refractivity contribution < 1.29 is 4.79 Å². The number of carbonyl (C=O) groups is 1. The van der Waals surface area contributed by atoms with Crippen molar-refractivity contribution in [2.45, 2.75) is 12.8 Å². The van der Waals surface area contributed by atoms with Crippen molar-refractivity contribution in [3.8, 4) is 11.3 Å². The van der Waals surface area contributed by atoms with E-state index in [2.05, 4.69) is 31.2 Å². The summed E-state index contributed by atoms with van der Waals surface area (Å²) < 4.78 is 2.69. The smallest absolute Gasteiger partial charge is 0.321 e. The molecule has 0 aliphatic carbocycles. The highest BCUT2D eigenvalue weighted by Crippen LogP contribution is 2.30. The third-order valence-corrected chi connectivity index (χ3v) is 4.90. The SMILES string of the molecule is O=C(Nc1ccc(Cl)c(-c2cn3cc(Br)cnc3n2)c1)N1CCCC1. The van der Waals surface area contributed by atoms with Gasteiger partial charge in [0.05, 0.1) is 15.2 Å². The van der Waals surface area contributed by atoms with Crippen molar-refractivity contribution in [1.29, 1.82) is 0 Å². The summed E-state index contributed by atoms with van der Waals surface area (Å²) in [5, 5.41) is 3.51. The second-order valence-corrected chi connectivity index (χ2v) is 7.25. The Morgan fingerprint density at radius 2 is 2.04 bits per heavy atom. The molecule has 0 spiro atoms. The van der Waals surface area contributed by atoms with E-state index < -0.39 is 0 Å². The van der Waals surface area contributed by atoms with Gasteiger partial charge in [0.1, 0.15) is 0 Å². The quantitative estimate of drug-likeness (QED) is 0.666. The summed E-state index contributed by atoms with van der Waals surface area (Å²) in [7, 11) is 0. The van der Waals surface area contributed by atoms with Gasteiger partial charge in [0, 0.05) is 42.9 Å². The third kappa shape index (κ3) is 3.34. The van der Waals surface area contributed by atoms with Crippen molar-refractivity contribution in [1.82, 2.24) is 19.3 Å². The molecule has 0 atom stereocenters. The Hall–Kier alpha value is -2.12. The fraction of sp³-hybridized carbons (Fsp3) is 0.235. The Balaban J connectivity index is 1.65. The van der Waals surface area contributed by atoms with Crippen LogP contribution in [-0.2, 0) is 0 Å². The third-order valence-electron chi connectivity index (χ3n) is 4.17. The summed E-state index contributed by atoms with van der Waals surface area (Å²) in [6.07, 6.45) is 7.55. The minimum Gasteiger partial charge on any atom is -0.325 e. The lowest BCUT2D eigenvalue weighted by atomic mass is 10.1. The van der Waals surface area contributed by atoms with Gasteiger partial charge in [0.2, 0.25) is 5.78 Å². The fourth-order valence-corrected chi connectivity index (χ4v) is 3.45. The number of benzene rings is 1. The molecule has 1 N–H and O–H groups in total. The average molecular weight is 421 g/mol. The molecule has 0 unspecified atom stereocenters. The Morgan fingerprint density at radius 3 is 2.84 bits per heavy atom. The molecule has 1 fully saturated rings. The number of likely N-dealkylation sites (tertiary alicyclic amines) is 1. The number of rotatable bonds is 2. The monoisotopic (exact) mass is 419 g/mol. The van der Waals surface area contributed by atoms with Gasteiger partial charge in [0.15, 0.2) is 0 Å². The molecular formula is C17H15BrClN5O. The molecule has 1 aromatic carbocycles. The topological polar surface area (TPSA) is 62.5 Å². The molecule has 0 bridgehead atoms. The zero-order valence-corrected chi connectivity index (χ0v) is 15.6. The molecule has 2 amide bonds. The van der Waals surface area contributed by atoms with Gasteiger partial charge < -0.3 is 10.2 Å². The first kappa shape index (κ1) is 16.4. The molecule has 0 saturated carbocycles. The van der Waals surface area contributed by atoms with Crippen LogP contribution in [0.3, 0.4) is 0 Å². The van der Waals surface area contributed by atoms with Crippen LogP contribution in [0.15, 0.2) is 41.3 Å². The lowest BCUT2D eigenvalue weighted by Gasteiger charge is -2.16. The number of amides is 2. The van der Waals surface area contributed by atoms with Gasteiger partial charge in [-0.15, -0.1) is 0 Å². The molecule has 3 heterocycles. The molecule has 6 nitrogen and oxygen atoms in total. The minimum absolute atomic E-state index is 0.0774. The van der Waals surface area contributed by atoms with Gasteiger partial charge in [-0.25, -0.2) is 14.8 Å². The summed E-state index contributed by atoms with van der Waals surface area (Å²) >= 11 is 9.75. The number of aromatic nitrogens is 3. The maximum atomic E-state index is 12.3. The number of urea groups is 1. The highest BCUT2D eigenvalue weighted by molar-refractivity contribution is 9.10. The summed E-state index contributed by atoms with van der Waals surface area (Å²) in [6, 6.07) is 5.33. The van der Waals surface area contributed by atoms with Gasteiger partial charge in [-0.3, -0.25) is 4.40 Å². The van der Waals surface area contributed by atoms with Crippen LogP contribution in [0.2, 0.25) is 5.02 Å². The average Bonchev–Trinajstić information content (AvgIpc) is 3.25. The predicted octanol–water partition coefficient (Wildman–Crippen LogP) is 4.44. The first-order valence-electron chi connectivity index (χ1n) is 7.96. The number of carbonyl (C=O) groups excluding carboxylic acids is 1. The molecule has 4 rings (SSSR count). The van der Waals surface area contributed by atoms with Gasteiger partial charge in [-0.2, -0.15) is 0 Å². The van der Waals surface area contributed by atoms with E-state index >= 15 is 0 Å². The molecule has 128 valence electrons. The second-order valence-electron chi connectivity index (χ2n) is 5.92. The van der Waals surface area contributed by atoms with E-state index in [-0.39, 0.29) is 6.03 Å². The Kier molecular flexibility index (Phi) is 4.35. The van der Waals surface area contributed by atoms with Gasteiger partial charge >= 0.3 is 6.03 Å². The van der Waals surface area contributed by atoms with E-state index in [0.29, 0.717) is 22.2 Å². The predicted molar refractivity (Wildman–Crippen MR) is 101 cm³/mol. The summed E-state index contributed by atoms with van der Waals surface area (Å²) in [4.78, 5) is 22.9. The molecule has 1 aliphatic rings. The number of anilines is 1. The summed E-state index contributed by atoms with van der Waals surface area (Å²) in [5.74, 6) is 0.584. The van der Waals surface area contributed by atoms with Gasteiger partial charge in [-0.05, 0) is 47.0 Å². The number of fused-ring (bicyclic) bond motifs is 1. The van der Waals surface area contributed by atoms with E-state index in [4.69, 9.17) is 11.6 Å². The number of hydrogen-bond acceptors (Lipinski definition) is 3. The lowest BCUT2D eigenvalue weighted by Crippen LogP contribution is -2.32. The highest BCUT2D eigenvalue weighted by Gasteiger charge is 2.18. The number of nitrogens with zero attached hydrogens (tertiary/aromatic N) is 4. The standard InChI is InChI=1S/C17H15BrClN5O/c18-11-8-20-16-22-15(10-24(16)9-11)13-7-12(3-4-14(13)19)21-17(25)23-5-1-2-6-23/h3-4,7-10H,1-2,5-6H2,(H,21,25). The van der Waals surface area contributed by atoms with Crippen LogP contribution in [0.25, 0.3) is 17.0 Å². The van der Waals surface area contributed by atoms with Crippen molar-refractivity contribution in [3.63, 3.8) is 0 Å². The van der Waals surface area contributed by atoms with Crippen LogP contribution in [0.1, 0.15) is 12.8 Å². The molecule has 25 heavy (non-hydrogen) atoms. The first-order valence-corrected chi connectivity index (χ1v) is 9.13. The van der Waals surface area contributed by atoms with Crippen molar-refractivity contribution >= 4 is 45.0 Å². The van der Waals surface area contributed by atoms with Crippen LogP contribution >= 0.6 is 27.5 Å². The zero-order chi connectivity index (χ0) is 17.4. The molecule has 2 aromatic heterocycles. The molecule has 1 saturated heterocycles. The second kappa shape index (κ2) is 6.65. The number of halogens is 2. The van der Waals surface area contributed by atoms with Crippen LogP contribution in [0.4, 0.5) is 10.5 Å². The van der Waals surface area contributed by atoms with Crippen LogP contribution in [-0.4, -0.2) is 38.4 Å². The van der Waals surface area contributed by atoms with E-state index in [1.165, 1.54) is 0 Å². The van der Waals surface area contributed by atoms with E-state index in [1.54, 1.807) is 18.3 Å². The maximum absolute atomic E-state index is 12.3. The van der Waals surface area contributed by atoms with Gasteiger partial charge in [-0.1, -0.05) is 11.6 Å². The number of hydrogen-bond donors (Lipinski definition) is 1. The summed E-state index contributed by atoms with van der Waals surface area (Å²) in [5.41, 5.74) is 2.15. The van der Waals surface area contributed by atoms with E-state index in [1.807, 2.05) is 27.8 Å². The van der Waals surface area contributed by atoms with Crippen molar-refractivity contribution in [2.24, 2.45) is 0 Å². The largest absolute Gasteiger partial charge is 0.325 e. The summed E-state index contributed by atoms with van der Waals surface area (Å²) in [6.45, 7) is 1.61. The molecule has 3 aromatic rings. The Labute approximate surface area is 158 Å². The van der Waals surface area contributed by atoms with Crippen LogP contribution in [0.5, 0.6) is 0 Å². The Morgan fingerprint density at radius 1 is 1.24 bits per heavy atom. The van der Waals surface area contributed by atoms with Crippen LogP contribution < -0.4 is 5.32 Å². The molecular weight excluding hydrogens is 406 g/mol.